The van der Waals surface area contributed by atoms with Crippen LogP contribution < -0.4 is 11.1 Å². The number of carbonyl (C=O) groups excluding carboxylic acids is 2. The molecule has 2 amide bonds. The molecule has 1 saturated heterocycles. The van der Waals surface area contributed by atoms with Crippen molar-refractivity contribution in [2.75, 3.05) is 18.4 Å². The highest BCUT2D eigenvalue weighted by molar-refractivity contribution is 5.98. The van der Waals surface area contributed by atoms with E-state index < -0.39 is 0 Å². The Morgan fingerprint density at radius 2 is 2.19 bits per heavy atom. The van der Waals surface area contributed by atoms with Crippen molar-refractivity contribution < 1.29 is 9.59 Å². The minimum Gasteiger partial charge on any atom is -0.337 e. The van der Waals surface area contributed by atoms with E-state index in [0.717, 1.165) is 24.2 Å². The molecule has 2 atom stereocenters. The molecule has 2 aliphatic rings. The first-order valence-corrected chi connectivity index (χ1v) is 7.52. The maximum Gasteiger partial charge on any atom is 0.253 e. The van der Waals surface area contributed by atoms with Crippen molar-refractivity contribution in [3.05, 3.63) is 29.3 Å². The van der Waals surface area contributed by atoms with E-state index in [2.05, 4.69) is 12.2 Å². The molecule has 0 bridgehead atoms. The molecule has 2 unspecified atom stereocenters. The number of rotatable bonds is 1. The number of nitrogens with zero attached hydrogens (tertiary/aromatic N) is 1. The normalized spacial score (nSPS) is 25.2. The van der Waals surface area contributed by atoms with Gasteiger partial charge in [0.25, 0.3) is 5.91 Å². The third kappa shape index (κ3) is 2.78. The number of piperidine rings is 1. The summed E-state index contributed by atoms with van der Waals surface area (Å²) >= 11 is 0. The molecule has 1 aromatic rings. The zero-order valence-electron chi connectivity index (χ0n) is 12.3. The number of hydrogen-bond donors (Lipinski definition) is 2. The van der Waals surface area contributed by atoms with Gasteiger partial charge >= 0.3 is 0 Å². The molecule has 0 saturated carbocycles. The van der Waals surface area contributed by atoms with Crippen LogP contribution in [0, 0.1) is 5.92 Å². The topological polar surface area (TPSA) is 75.4 Å². The van der Waals surface area contributed by atoms with E-state index in [1.807, 2.05) is 17.0 Å². The molecular formula is C16H21N3O2. The highest BCUT2D eigenvalue weighted by Crippen LogP contribution is 2.25. The van der Waals surface area contributed by atoms with Gasteiger partial charge in [-0.1, -0.05) is 6.92 Å². The monoisotopic (exact) mass is 287 g/mol. The molecule has 0 radical (unpaired) electrons. The van der Waals surface area contributed by atoms with E-state index in [0.29, 0.717) is 30.9 Å². The summed E-state index contributed by atoms with van der Waals surface area (Å²) in [5, 5.41) is 2.83. The Morgan fingerprint density at radius 1 is 1.38 bits per heavy atom. The van der Waals surface area contributed by atoms with Crippen molar-refractivity contribution in [1.29, 1.82) is 0 Å². The molecule has 2 heterocycles. The Bertz CT molecular complexity index is 585. The van der Waals surface area contributed by atoms with Crippen LogP contribution in [-0.4, -0.2) is 35.8 Å². The van der Waals surface area contributed by atoms with Crippen LogP contribution in [-0.2, 0) is 11.2 Å². The van der Waals surface area contributed by atoms with Crippen LogP contribution in [0.4, 0.5) is 5.69 Å². The molecule has 112 valence electrons. The number of aryl methyl sites for hydroxylation is 1. The van der Waals surface area contributed by atoms with E-state index in [1.165, 1.54) is 0 Å². The Morgan fingerprint density at radius 3 is 2.95 bits per heavy atom. The summed E-state index contributed by atoms with van der Waals surface area (Å²) in [7, 11) is 0. The van der Waals surface area contributed by atoms with Gasteiger partial charge in [-0.05, 0) is 42.5 Å². The lowest BCUT2D eigenvalue weighted by molar-refractivity contribution is -0.116. The summed E-state index contributed by atoms with van der Waals surface area (Å²) in [5.41, 5.74) is 8.62. The van der Waals surface area contributed by atoms with Crippen LogP contribution in [0.5, 0.6) is 0 Å². The van der Waals surface area contributed by atoms with Crippen molar-refractivity contribution in [2.24, 2.45) is 11.7 Å². The number of benzene rings is 1. The quantitative estimate of drug-likeness (QED) is 0.819. The molecule has 3 rings (SSSR count). The Balaban J connectivity index is 1.78. The molecule has 2 aliphatic heterocycles. The number of nitrogens with two attached hydrogens (primary N) is 1. The van der Waals surface area contributed by atoms with Gasteiger partial charge in [-0.3, -0.25) is 9.59 Å². The first kappa shape index (κ1) is 14.1. The van der Waals surface area contributed by atoms with Crippen molar-refractivity contribution in [3.63, 3.8) is 0 Å². The predicted octanol–water partition coefficient (Wildman–Crippen LogP) is 1.38. The van der Waals surface area contributed by atoms with Gasteiger partial charge in [0, 0.05) is 36.8 Å². The van der Waals surface area contributed by atoms with E-state index in [4.69, 9.17) is 5.73 Å². The molecule has 0 aliphatic carbocycles. The second-order valence-electron chi connectivity index (χ2n) is 6.10. The fraction of sp³-hybridized carbons (Fsp3) is 0.500. The van der Waals surface area contributed by atoms with E-state index in [1.54, 1.807) is 6.07 Å². The van der Waals surface area contributed by atoms with Crippen LogP contribution >= 0.6 is 0 Å². The van der Waals surface area contributed by atoms with Crippen LogP contribution in [0.15, 0.2) is 18.2 Å². The number of carbonyl (C=O) groups is 2. The fourth-order valence-corrected chi connectivity index (χ4v) is 2.98. The Kier molecular flexibility index (Phi) is 3.68. The molecule has 5 nitrogen and oxygen atoms in total. The molecule has 21 heavy (non-hydrogen) atoms. The summed E-state index contributed by atoms with van der Waals surface area (Å²) < 4.78 is 0. The number of hydrogen-bond acceptors (Lipinski definition) is 3. The van der Waals surface area contributed by atoms with Crippen LogP contribution in [0.2, 0.25) is 0 Å². The number of anilines is 1. The SMILES string of the molecule is CC1CCN(C(=O)c2ccc3c(c2)CCC(=O)N3)CC1N. The fourth-order valence-electron chi connectivity index (χ4n) is 2.98. The predicted molar refractivity (Wildman–Crippen MR) is 81.1 cm³/mol. The Labute approximate surface area is 124 Å². The second kappa shape index (κ2) is 5.48. The van der Waals surface area contributed by atoms with Crippen LogP contribution in [0.1, 0.15) is 35.7 Å². The maximum absolute atomic E-state index is 12.6. The minimum absolute atomic E-state index is 0.0389. The molecular weight excluding hydrogens is 266 g/mol. The van der Waals surface area contributed by atoms with Crippen LogP contribution in [0.25, 0.3) is 0 Å². The number of nitrogens with one attached hydrogen (secondary N) is 1. The van der Waals surface area contributed by atoms with Crippen molar-refractivity contribution >= 4 is 17.5 Å². The third-order valence-corrected chi connectivity index (χ3v) is 4.55. The molecule has 1 aromatic carbocycles. The molecule has 5 heteroatoms. The minimum atomic E-state index is 0.0389. The average molecular weight is 287 g/mol. The number of fused-ring (bicyclic) bond motifs is 1. The lowest BCUT2D eigenvalue weighted by Gasteiger charge is -2.35. The van der Waals surface area contributed by atoms with Crippen LogP contribution in [0.3, 0.4) is 0 Å². The lowest BCUT2D eigenvalue weighted by atomic mass is 9.93. The summed E-state index contributed by atoms with van der Waals surface area (Å²) in [4.78, 5) is 25.8. The second-order valence-corrected chi connectivity index (χ2v) is 6.10. The summed E-state index contributed by atoms with van der Waals surface area (Å²) in [6.45, 7) is 3.52. The standard InChI is InChI=1S/C16H21N3O2/c1-10-6-7-19(9-13(10)17)16(21)12-2-4-14-11(8-12)3-5-15(20)18-14/h2,4,8,10,13H,3,5-7,9,17H2,1H3,(H,18,20). The van der Waals surface area contributed by atoms with E-state index >= 15 is 0 Å². The van der Waals surface area contributed by atoms with E-state index in [-0.39, 0.29) is 17.9 Å². The largest absolute Gasteiger partial charge is 0.337 e. The lowest BCUT2D eigenvalue weighted by Crippen LogP contribution is -2.49. The summed E-state index contributed by atoms with van der Waals surface area (Å²) in [6, 6.07) is 5.57. The first-order chi connectivity index (χ1) is 10.0. The summed E-state index contributed by atoms with van der Waals surface area (Å²) in [5.74, 6) is 0.544. The zero-order chi connectivity index (χ0) is 15.0. The van der Waals surface area contributed by atoms with E-state index in [9.17, 15) is 9.59 Å². The van der Waals surface area contributed by atoms with Gasteiger partial charge in [0.05, 0.1) is 0 Å². The molecule has 0 aromatic heterocycles. The van der Waals surface area contributed by atoms with Gasteiger partial charge < -0.3 is 16.0 Å². The molecule has 0 spiro atoms. The maximum atomic E-state index is 12.6. The van der Waals surface area contributed by atoms with Gasteiger partial charge in [-0.2, -0.15) is 0 Å². The van der Waals surface area contributed by atoms with Gasteiger partial charge in [0.1, 0.15) is 0 Å². The molecule has 3 N–H and O–H groups in total. The zero-order valence-corrected chi connectivity index (χ0v) is 12.3. The Hall–Kier alpha value is -1.88. The third-order valence-electron chi connectivity index (χ3n) is 4.55. The van der Waals surface area contributed by atoms with Gasteiger partial charge in [0.15, 0.2) is 0 Å². The smallest absolute Gasteiger partial charge is 0.253 e. The molecule has 1 fully saturated rings. The van der Waals surface area contributed by atoms with Crippen molar-refractivity contribution in [1.82, 2.24) is 4.90 Å². The van der Waals surface area contributed by atoms with Crippen molar-refractivity contribution in [3.8, 4) is 0 Å². The number of likely N-dealkylation sites (tertiary alicyclic amines) is 1. The average Bonchev–Trinajstić information content (AvgIpc) is 2.49. The summed E-state index contributed by atoms with van der Waals surface area (Å²) in [6.07, 6.45) is 2.13. The first-order valence-electron chi connectivity index (χ1n) is 7.52. The highest BCUT2D eigenvalue weighted by Gasteiger charge is 2.27. The van der Waals surface area contributed by atoms with Crippen molar-refractivity contribution in [2.45, 2.75) is 32.2 Å². The van der Waals surface area contributed by atoms with Gasteiger partial charge in [-0.15, -0.1) is 0 Å². The highest BCUT2D eigenvalue weighted by atomic mass is 16.2. The van der Waals surface area contributed by atoms with Gasteiger partial charge in [0.2, 0.25) is 5.91 Å². The van der Waals surface area contributed by atoms with Gasteiger partial charge in [-0.25, -0.2) is 0 Å². The number of amides is 2.